The van der Waals surface area contributed by atoms with E-state index in [0.717, 1.165) is 38.0 Å². The van der Waals surface area contributed by atoms with Gasteiger partial charge in [0.2, 0.25) is 5.91 Å². The molecule has 1 amide bonds. The smallest absolute Gasteiger partial charge is 0.224 e. The summed E-state index contributed by atoms with van der Waals surface area (Å²) >= 11 is 0. The summed E-state index contributed by atoms with van der Waals surface area (Å²) in [4.78, 5) is 14.2. The number of amides is 1. The van der Waals surface area contributed by atoms with Crippen LogP contribution in [0.25, 0.3) is 0 Å². The van der Waals surface area contributed by atoms with Crippen LogP contribution in [0.5, 0.6) is 0 Å². The minimum absolute atomic E-state index is 0.0827. The van der Waals surface area contributed by atoms with Crippen molar-refractivity contribution < 1.29 is 9.90 Å². The van der Waals surface area contributed by atoms with Crippen LogP contribution in [0.1, 0.15) is 44.0 Å². The van der Waals surface area contributed by atoms with E-state index < -0.39 is 0 Å². The Morgan fingerprint density at radius 2 is 2.20 bits per heavy atom. The van der Waals surface area contributed by atoms with Gasteiger partial charge < -0.3 is 10.0 Å². The highest BCUT2D eigenvalue weighted by molar-refractivity contribution is 5.77. The molecule has 3 heterocycles. The number of nitrogens with zero attached hydrogens (tertiary/aromatic N) is 6. The van der Waals surface area contributed by atoms with E-state index >= 15 is 0 Å². The second kappa shape index (κ2) is 6.59. The van der Waals surface area contributed by atoms with Gasteiger partial charge in [0.05, 0.1) is 23.9 Å². The first-order chi connectivity index (χ1) is 12.1. The molecule has 1 aliphatic carbocycles. The predicted molar refractivity (Wildman–Crippen MR) is 89.6 cm³/mol. The van der Waals surface area contributed by atoms with Gasteiger partial charge in [0.15, 0.2) is 0 Å². The van der Waals surface area contributed by atoms with E-state index in [4.69, 9.17) is 0 Å². The lowest BCUT2D eigenvalue weighted by atomic mass is 9.89. The Balaban J connectivity index is 1.22. The molecule has 0 spiro atoms. The van der Waals surface area contributed by atoms with E-state index in [1.54, 1.807) is 6.20 Å². The summed E-state index contributed by atoms with van der Waals surface area (Å²) in [6.45, 7) is 3.59. The fraction of sp³-hybridized carbons (Fsp3) is 0.647. The zero-order valence-electron chi connectivity index (χ0n) is 14.4. The molecule has 1 atom stereocenters. The van der Waals surface area contributed by atoms with Crippen molar-refractivity contribution in [2.24, 2.45) is 5.92 Å². The van der Waals surface area contributed by atoms with Crippen molar-refractivity contribution in [2.75, 3.05) is 13.1 Å². The number of aliphatic hydroxyl groups excluding tert-OH is 1. The standard InChI is InChI=1S/C17H24N6O2/c1-12(22-4-2-3-18-22)5-17(25)21-9-13(10-21)6-14-11-23(20-19-14)15-7-16(24)8-15/h2-4,11-13,15-16,24H,5-10H2,1H3. The number of carbonyl (C=O) groups excluding carboxylic acids is 1. The first-order valence-corrected chi connectivity index (χ1v) is 8.94. The van der Waals surface area contributed by atoms with Gasteiger partial charge in [0.1, 0.15) is 0 Å². The zero-order chi connectivity index (χ0) is 17.4. The molecule has 2 aromatic heterocycles. The van der Waals surface area contributed by atoms with Crippen molar-refractivity contribution in [1.29, 1.82) is 0 Å². The Bertz CT molecular complexity index is 715. The lowest BCUT2D eigenvalue weighted by Crippen LogP contribution is -2.51. The van der Waals surface area contributed by atoms with E-state index in [2.05, 4.69) is 15.4 Å². The Morgan fingerprint density at radius 1 is 1.40 bits per heavy atom. The van der Waals surface area contributed by atoms with Crippen LogP contribution in [-0.4, -0.2) is 59.9 Å². The molecule has 8 heteroatoms. The van der Waals surface area contributed by atoms with Gasteiger partial charge in [-0.15, -0.1) is 5.10 Å². The summed E-state index contributed by atoms with van der Waals surface area (Å²) in [5, 5.41) is 22.0. The maximum atomic E-state index is 12.3. The van der Waals surface area contributed by atoms with Crippen molar-refractivity contribution in [2.45, 2.75) is 50.8 Å². The molecule has 2 fully saturated rings. The van der Waals surface area contributed by atoms with Gasteiger partial charge in [-0.05, 0) is 38.2 Å². The maximum absolute atomic E-state index is 12.3. The van der Waals surface area contributed by atoms with Gasteiger partial charge in [-0.25, -0.2) is 4.68 Å². The van der Waals surface area contributed by atoms with Crippen LogP contribution in [0.15, 0.2) is 24.7 Å². The van der Waals surface area contributed by atoms with Crippen molar-refractivity contribution in [1.82, 2.24) is 29.7 Å². The van der Waals surface area contributed by atoms with Crippen LogP contribution in [0, 0.1) is 5.92 Å². The molecule has 1 N–H and O–H groups in total. The topological polar surface area (TPSA) is 89.1 Å². The average Bonchev–Trinajstić information content (AvgIpc) is 3.18. The molecule has 134 valence electrons. The summed E-state index contributed by atoms with van der Waals surface area (Å²) in [5.74, 6) is 0.646. The van der Waals surface area contributed by atoms with E-state index in [1.807, 2.05) is 39.6 Å². The monoisotopic (exact) mass is 344 g/mol. The van der Waals surface area contributed by atoms with Crippen LogP contribution < -0.4 is 0 Å². The molecular formula is C17H24N6O2. The molecule has 1 saturated carbocycles. The van der Waals surface area contributed by atoms with Crippen LogP contribution in [-0.2, 0) is 11.2 Å². The van der Waals surface area contributed by atoms with E-state index in [0.29, 0.717) is 18.4 Å². The summed E-state index contributed by atoms with van der Waals surface area (Å²) in [5.41, 5.74) is 0.975. The minimum Gasteiger partial charge on any atom is -0.393 e. The third kappa shape index (κ3) is 3.44. The van der Waals surface area contributed by atoms with Crippen LogP contribution >= 0.6 is 0 Å². The lowest BCUT2D eigenvalue weighted by Gasteiger charge is -2.39. The molecule has 2 aliphatic rings. The normalized spacial score (nSPS) is 24.6. The third-order valence-corrected chi connectivity index (χ3v) is 5.27. The highest BCUT2D eigenvalue weighted by Crippen LogP contribution is 2.31. The highest BCUT2D eigenvalue weighted by Gasteiger charge is 2.33. The number of hydrogen-bond donors (Lipinski definition) is 1. The fourth-order valence-corrected chi connectivity index (χ4v) is 3.58. The summed E-state index contributed by atoms with van der Waals surface area (Å²) in [7, 11) is 0. The van der Waals surface area contributed by atoms with Crippen LogP contribution in [0.2, 0.25) is 0 Å². The molecule has 1 aliphatic heterocycles. The van der Waals surface area contributed by atoms with Gasteiger partial charge in [-0.1, -0.05) is 5.21 Å². The van der Waals surface area contributed by atoms with Crippen molar-refractivity contribution in [3.63, 3.8) is 0 Å². The predicted octanol–water partition coefficient (Wildman–Crippen LogP) is 0.823. The van der Waals surface area contributed by atoms with Crippen LogP contribution in [0.3, 0.4) is 0 Å². The van der Waals surface area contributed by atoms with Gasteiger partial charge >= 0.3 is 0 Å². The van der Waals surface area contributed by atoms with E-state index in [1.165, 1.54) is 0 Å². The largest absolute Gasteiger partial charge is 0.393 e. The molecule has 1 saturated heterocycles. The number of hydrogen-bond acceptors (Lipinski definition) is 5. The number of aromatic nitrogens is 5. The summed E-state index contributed by atoms with van der Waals surface area (Å²) in [6, 6.07) is 2.25. The number of likely N-dealkylation sites (tertiary alicyclic amines) is 1. The minimum atomic E-state index is -0.187. The van der Waals surface area contributed by atoms with Gasteiger partial charge in [0, 0.05) is 38.1 Å². The Labute approximate surface area is 146 Å². The Morgan fingerprint density at radius 3 is 2.88 bits per heavy atom. The molecular weight excluding hydrogens is 320 g/mol. The zero-order valence-corrected chi connectivity index (χ0v) is 14.4. The van der Waals surface area contributed by atoms with Crippen molar-refractivity contribution >= 4 is 5.91 Å². The quantitative estimate of drug-likeness (QED) is 0.838. The average molecular weight is 344 g/mol. The summed E-state index contributed by atoms with van der Waals surface area (Å²) < 4.78 is 3.69. The fourth-order valence-electron chi connectivity index (χ4n) is 3.58. The Hall–Kier alpha value is -2.22. The first kappa shape index (κ1) is 16.3. The SMILES string of the molecule is CC(CC(=O)N1CC(Cc2cn(C3CC(O)C3)nn2)C1)n1cccn1. The molecule has 0 aromatic carbocycles. The molecule has 8 nitrogen and oxygen atoms in total. The van der Waals surface area contributed by atoms with E-state index in [9.17, 15) is 9.90 Å². The Kier molecular flexibility index (Phi) is 4.29. The highest BCUT2D eigenvalue weighted by atomic mass is 16.3. The van der Waals surface area contributed by atoms with Gasteiger partial charge in [-0.3, -0.25) is 9.48 Å². The second-order valence-corrected chi connectivity index (χ2v) is 7.38. The number of rotatable bonds is 6. The molecule has 1 unspecified atom stereocenters. The summed E-state index contributed by atoms with van der Waals surface area (Å²) in [6.07, 6.45) is 8.29. The van der Waals surface area contributed by atoms with Crippen molar-refractivity contribution in [3.05, 3.63) is 30.4 Å². The number of carbonyl (C=O) groups is 1. The second-order valence-electron chi connectivity index (χ2n) is 7.38. The third-order valence-electron chi connectivity index (χ3n) is 5.27. The molecule has 0 bridgehead atoms. The lowest BCUT2D eigenvalue weighted by molar-refractivity contribution is -0.138. The van der Waals surface area contributed by atoms with E-state index in [-0.39, 0.29) is 18.1 Å². The maximum Gasteiger partial charge on any atom is 0.224 e. The molecule has 4 rings (SSSR count). The van der Waals surface area contributed by atoms with Gasteiger partial charge in [-0.2, -0.15) is 5.10 Å². The van der Waals surface area contributed by atoms with Crippen LogP contribution in [0.4, 0.5) is 0 Å². The molecule has 25 heavy (non-hydrogen) atoms. The number of aliphatic hydroxyl groups is 1. The molecule has 0 radical (unpaired) electrons. The molecule has 2 aromatic rings. The van der Waals surface area contributed by atoms with Gasteiger partial charge in [0.25, 0.3) is 0 Å². The first-order valence-electron chi connectivity index (χ1n) is 8.94. The van der Waals surface area contributed by atoms with Crippen molar-refractivity contribution in [3.8, 4) is 0 Å².